The van der Waals surface area contributed by atoms with Crippen molar-refractivity contribution in [2.45, 2.75) is 26.2 Å². The van der Waals surface area contributed by atoms with Crippen LogP contribution in [-0.4, -0.2) is 62.7 Å². The average Bonchev–Trinajstić information content (AvgIpc) is 3.15. The summed E-state index contributed by atoms with van der Waals surface area (Å²) >= 11 is 0. The minimum Gasteiger partial charge on any atom is -0.497 e. The largest absolute Gasteiger partial charge is 0.497 e. The molecule has 1 heterocycles. The van der Waals surface area contributed by atoms with E-state index in [2.05, 4.69) is 73.3 Å². The van der Waals surface area contributed by atoms with E-state index >= 15 is 0 Å². The molecule has 0 aromatic heterocycles. The number of hydrogen-bond donors (Lipinski definition) is 0. The molecule has 8 nitrogen and oxygen atoms in total. The van der Waals surface area contributed by atoms with E-state index < -0.39 is 34.2 Å². The molecule has 272 valence electrons. The standard InChI is InChI=1S/C40H48O8Si4/c1-41-37-17-9-33(10-18-37)25-29-49(5)45-50(6,30-26-34-11-19-38(42-2)20-12-34)47-52(8,32-28-36-15-23-40(44-4)24-16-36)48-51(7,46-49)31-27-35-13-21-39(43-3)22-14-35/h9-32H,1-8H3/b29-25+,30-26+,31-27+,32-28+. The Labute approximate surface area is 312 Å². The van der Waals surface area contributed by atoms with Crippen molar-refractivity contribution in [2.75, 3.05) is 28.4 Å². The van der Waals surface area contributed by atoms with Gasteiger partial charge in [-0.2, -0.15) is 0 Å². The first-order valence-corrected chi connectivity index (χ1v) is 26.6. The van der Waals surface area contributed by atoms with Crippen LogP contribution >= 0.6 is 0 Å². The smallest absolute Gasteiger partial charge is 0.344 e. The lowest BCUT2D eigenvalue weighted by atomic mass is 10.2. The summed E-state index contributed by atoms with van der Waals surface area (Å²) in [4.78, 5) is 0. The molecule has 0 spiro atoms. The molecule has 0 amide bonds. The monoisotopic (exact) mass is 768 g/mol. The summed E-state index contributed by atoms with van der Waals surface area (Å²) in [6.07, 6.45) is 8.21. The molecule has 0 unspecified atom stereocenters. The summed E-state index contributed by atoms with van der Waals surface area (Å²) in [7, 11) is -5.99. The second-order valence-electron chi connectivity index (χ2n) is 12.9. The molecule has 0 N–H and O–H groups in total. The van der Waals surface area contributed by atoms with Crippen LogP contribution in [0.4, 0.5) is 0 Å². The van der Waals surface area contributed by atoms with Gasteiger partial charge in [0.2, 0.25) is 0 Å². The van der Waals surface area contributed by atoms with Crippen LogP contribution in [0.2, 0.25) is 26.2 Å². The summed E-state index contributed by atoms with van der Waals surface area (Å²) < 4.78 is 50.5. The zero-order chi connectivity index (χ0) is 37.2. The van der Waals surface area contributed by atoms with Gasteiger partial charge in [0.05, 0.1) is 28.4 Å². The molecular weight excluding hydrogens is 721 g/mol. The Morgan fingerprint density at radius 1 is 0.327 bits per heavy atom. The molecule has 4 aromatic rings. The molecule has 0 atom stereocenters. The Balaban J connectivity index is 1.58. The quantitative estimate of drug-likeness (QED) is 0.132. The van der Waals surface area contributed by atoms with Crippen LogP contribution in [0.25, 0.3) is 24.3 Å². The molecule has 1 saturated heterocycles. The van der Waals surface area contributed by atoms with E-state index in [1.54, 1.807) is 28.4 Å². The topological polar surface area (TPSA) is 73.8 Å². The van der Waals surface area contributed by atoms with Gasteiger partial charge in [0.15, 0.2) is 0 Å². The van der Waals surface area contributed by atoms with Crippen LogP contribution in [0.15, 0.2) is 120 Å². The van der Waals surface area contributed by atoms with Crippen molar-refractivity contribution in [3.63, 3.8) is 0 Å². The van der Waals surface area contributed by atoms with Gasteiger partial charge in [-0.25, -0.2) is 0 Å². The Kier molecular flexibility index (Phi) is 12.8. The highest BCUT2D eigenvalue weighted by molar-refractivity contribution is 6.98. The first-order chi connectivity index (χ1) is 24.9. The van der Waals surface area contributed by atoms with Crippen LogP contribution < -0.4 is 18.9 Å². The maximum absolute atomic E-state index is 7.25. The summed E-state index contributed by atoms with van der Waals surface area (Å²) in [5.74, 6) is 3.17. The molecule has 0 aliphatic carbocycles. The number of benzene rings is 4. The first kappa shape index (κ1) is 39.0. The molecule has 1 fully saturated rings. The maximum atomic E-state index is 7.25. The molecule has 5 rings (SSSR count). The highest BCUT2D eigenvalue weighted by Crippen LogP contribution is 2.35. The average molecular weight is 769 g/mol. The Hall–Kier alpha value is -4.25. The molecule has 12 heteroatoms. The molecule has 52 heavy (non-hydrogen) atoms. The molecule has 4 aromatic carbocycles. The van der Waals surface area contributed by atoms with Crippen molar-refractivity contribution < 1.29 is 35.4 Å². The van der Waals surface area contributed by atoms with Gasteiger partial charge in [-0.3, -0.25) is 0 Å². The van der Waals surface area contributed by atoms with Crippen molar-refractivity contribution in [1.82, 2.24) is 0 Å². The molecule has 1 aliphatic heterocycles. The van der Waals surface area contributed by atoms with E-state index in [0.29, 0.717) is 0 Å². The lowest BCUT2D eigenvalue weighted by molar-refractivity contribution is 0.251. The van der Waals surface area contributed by atoms with Gasteiger partial charge < -0.3 is 35.4 Å². The fourth-order valence-electron chi connectivity index (χ4n) is 5.82. The SMILES string of the molecule is COc1ccc(/C=C/[Si]2(C)O[Si](C)(/C=C/c3ccc(OC)cc3)O[Si](C)(/C=C/c3ccc(OC)cc3)O[Si](C)(/C=C/c3ccc(OC)cc3)O2)cc1. The van der Waals surface area contributed by atoms with E-state index in [1.807, 2.05) is 97.1 Å². The zero-order valence-corrected chi connectivity index (χ0v) is 35.1. The fourth-order valence-corrected chi connectivity index (χ4v) is 25.0. The predicted octanol–water partition coefficient (Wildman–Crippen LogP) is 9.40. The molecule has 0 radical (unpaired) electrons. The fraction of sp³-hybridized carbons (Fsp3) is 0.200. The minimum absolute atomic E-state index is 0.792. The first-order valence-electron chi connectivity index (χ1n) is 17.0. The van der Waals surface area contributed by atoms with E-state index in [1.165, 1.54) is 0 Å². The van der Waals surface area contributed by atoms with Gasteiger partial charge in [-0.1, -0.05) is 72.8 Å². The van der Waals surface area contributed by atoms with Crippen LogP contribution in [0.3, 0.4) is 0 Å². The summed E-state index contributed by atoms with van der Waals surface area (Å²) in [5.41, 5.74) is 12.3. The van der Waals surface area contributed by atoms with Crippen molar-refractivity contribution in [3.8, 4) is 23.0 Å². The Bertz CT molecular complexity index is 1590. The van der Waals surface area contributed by atoms with Gasteiger partial charge in [0.1, 0.15) is 23.0 Å². The van der Waals surface area contributed by atoms with Crippen molar-refractivity contribution in [1.29, 1.82) is 0 Å². The second-order valence-corrected chi connectivity index (χ2v) is 25.6. The Morgan fingerprint density at radius 2 is 0.500 bits per heavy atom. The van der Waals surface area contributed by atoms with E-state index in [-0.39, 0.29) is 0 Å². The lowest BCUT2D eigenvalue weighted by Crippen LogP contribution is -2.66. The van der Waals surface area contributed by atoms with Crippen molar-refractivity contribution in [2.24, 2.45) is 0 Å². The summed E-state index contributed by atoms with van der Waals surface area (Å²) in [6.45, 7) is 8.26. The van der Waals surface area contributed by atoms with Crippen molar-refractivity contribution in [3.05, 3.63) is 142 Å². The van der Waals surface area contributed by atoms with E-state index in [9.17, 15) is 0 Å². The lowest BCUT2D eigenvalue weighted by Gasteiger charge is -2.47. The molecular formula is C40H48O8Si4. The minimum atomic E-state index is -3.16. The zero-order valence-electron chi connectivity index (χ0n) is 31.1. The molecule has 1 aliphatic rings. The number of methoxy groups -OCH3 is 4. The number of ether oxygens (including phenoxy) is 4. The third kappa shape index (κ3) is 10.9. The van der Waals surface area contributed by atoms with Gasteiger partial charge in [0, 0.05) is 0 Å². The van der Waals surface area contributed by atoms with Gasteiger partial charge in [-0.05, 0) is 120 Å². The van der Waals surface area contributed by atoms with Crippen LogP contribution in [-0.2, 0) is 16.5 Å². The second kappa shape index (κ2) is 17.1. The highest BCUT2D eigenvalue weighted by Gasteiger charge is 2.54. The van der Waals surface area contributed by atoms with Gasteiger partial charge in [0.25, 0.3) is 0 Å². The van der Waals surface area contributed by atoms with Crippen LogP contribution in [0.5, 0.6) is 23.0 Å². The van der Waals surface area contributed by atoms with Gasteiger partial charge in [-0.15, -0.1) is 0 Å². The normalized spacial score (nSPS) is 25.4. The van der Waals surface area contributed by atoms with Gasteiger partial charge >= 0.3 is 34.2 Å². The van der Waals surface area contributed by atoms with Crippen LogP contribution in [0.1, 0.15) is 22.3 Å². The summed E-state index contributed by atoms with van der Waals surface area (Å²) in [5, 5.41) is 0. The summed E-state index contributed by atoms with van der Waals surface area (Å²) in [6, 6.07) is 31.6. The highest BCUT2D eigenvalue weighted by atomic mass is 28.5. The number of rotatable bonds is 12. The van der Waals surface area contributed by atoms with E-state index in [4.69, 9.17) is 35.4 Å². The molecule has 0 saturated carbocycles. The van der Waals surface area contributed by atoms with Crippen LogP contribution in [0, 0.1) is 0 Å². The maximum Gasteiger partial charge on any atom is 0.344 e. The Morgan fingerprint density at radius 3 is 0.654 bits per heavy atom. The molecule has 0 bridgehead atoms. The predicted molar refractivity (Wildman–Crippen MR) is 219 cm³/mol. The number of hydrogen-bond acceptors (Lipinski definition) is 8. The van der Waals surface area contributed by atoms with Crippen molar-refractivity contribution >= 4 is 58.5 Å². The third-order valence-corrected chi connectivity index (χ3v) is 24.5. The van der Waals surface area contributed by atoms with E-state index in [0.717, 1.165) is 45.3 Å². The third-order valence-electron chi connectivity index (χ3n) is 8.40.